The van der Waals surface area contributed by atoms with Crippen molar-refractivity contribution in [3.63, 3.8) is 0 Å². The molecular weight excluding hydrogens is 222 g/mol. The molecule has 2 aromatic rings. The Labute approximate surface area is 108 Å². The van der Waals surface area contributed by atoms with Crippen molar-refractivity contribution in [3.8, 4) is 12.3 Å². The van der Waals surface area contributed by atoms with Crippen molar-refractivity contribution in [2.24, 2.45) is 5.92 Å². The van der Waals surface area contributed by atoms with Gasteiger partial charge in [0.1, 0.15) is 6.54 Å². The Hall–Kier alpha value is -1.79. The van der Waals surface area contributed by atoms with Gasteiger partial charge in [0.2, 0.25) is 0 Å². The van der Waals surface area contributed by atoms with Gasteiger partial charge in [-0.05, 0) is 18.5 Å². The zero-order valence-electron chi connectivity index (χ0n) is 11.0. The van der Waals surface area contributed by atoms with Crippen LogP contribution in [-0.4, -0.2) is 16.3 Å². The van der Waals surface area contributed by atoms with Crippen LogP contribution in [0.4, 0.5) is 0 Å². The molecule has 1 aromatic carbocycles. The first-order chi connectivity index (χ1) is 8.72. The van der Waals surface area contributed by atoms with Gasteiger partial charge in [0.25, 0.3) is 0 Å². The molecule has 0 unspecified atom stereocenters. The molecule has 0 aliphatic rings. The zero-order valence-corrected chi connectivity index (χ0v) is 11.0. The Morgan fingerprint density at radius 2 is 2.17 bits per heavy atom. The number of hydrogen-bond donors (Lipinski definition) is 1. The van der Waals surface area contributed by atoms with Gasteiger partial charge in [-0.15, -0.1) is 6.42 Å². The maximum absolute atomic E-state index is 5.37. The molecule has 0 amide bonds. The minimum atomic E-state index is 0.519. The van der Waals surface area contributed by atoms with E-state index in [1.807, 2.05) is 16.8 Å². The average molecular weight is 241 g/mol. The molecule has 0 aliphatic carbocycles. The molecule has 1 heterocycles. The highest BCUT2D eigenvalue weighted by Gasteiger charge is 2.08. The second kappa shape index (κ2) is 5.70. The molecule has 0 bridgehead atoms. The molecule has 94 valence electrons. The zero-order chi connectivity index (χ0) is 13.0. The van der Waals surface area contributed by atoms with E-state index in [0.717, 1.165) is 24.3 Å². The minimum Gasteiger partial charge on any atom is -0.311 e. The van der Waals surface area contributed by atoms with E-state index in [1.165, 1.54) is 5.39 Å². The summed E-state index contributed by atoms with van der Waals surface area (Å²) in [6.45, 7) is 6.70. The van der Waals surface area contributed by atoms with Gasteiger partial charge in [0.05, 0.1) is 11.2 Å². The Balaban J connectivity index is 2.25. The van der Waals surface area contributed by atoms with Gasteiger partial charge in [-0.1, -0.05) is 38.0 Å². The minimum absolute atomic E-state index is 0.519. The SMILES string of the molecule is C#CCn1nc(CNCC(C)C)c2ccccc21. The Morgan fingerprint density at radius 1 is 1.39 bits per heavy atom. The van der Waals surface area contributed by atoms with Crippen LogP contribution in [0.25, 0.3) is 10.9 Å². The predicted octanol–water partition coefficient (Wildman–Crippen LogP) is 2.42. The lowest BCUT2D eigenvalue weighted by atomic mass is 10.2. The quantitative estimate of drug-likeness (QED) is 0.815. The number of benzene rings is 1. The first-order valence-corrected chi connectivity index (χ1v) is 6.31. The molecule has 1 aromatic heterocycles. The van der Waals surface area contributed by atoms with Crippen LogP contribution in [-0.2, 0) is 13.1 Å². The molecule has 3 nitrogen and oxygen atoms in total. The number of hydrogen-bond acceptors (Lipinski definition) is 2. The van der Waals surface area contributed by atoms with Crippen LogP contribution in [0.15, 0.2) is 24.3 Å². The van der Waals surface area contributed by atoms with Gasteiger partial charge in [-0.3, -0.25) is 4.68 Å². The van der Waals surface area contributed by atoms with Crippen LogP contribution in [0.5, 0.6) is 0 Å². The summed E-state index contributed by atoms with van der Waals surface area (Å²) >= 11 is 0. The lowest BCUT2D eigenvalue weighted by molar-refractivity contribution is 0.545. The summed E-state index contributed by atoms with van der Waals surface area (Å²) in [6, 6.07) is 8.21. The summed E-state index contributed by atoms with van der Waals surface area (Å²) < 4.78 is 1.89. The summed E-state index contributed by atoms with van der Waals surface area (Å²) in [5.41, 5.74) is 2.18. The number of fused-ring (bicyclic) bond motifs is 1. The summed E-state index contributed by atoms with van der Waals surface area (Å²) in [5, 5.41) is 9.19. The standard InChI is InChI=1S/C15H19N3/c1-4-9-18-15-8-6-5-7-13(15)14(17-18)11-16-10-12(2)3/h1,5-8,12,16H,9-11H2,2-3H3. The fourth-order valence-corrected chi connectivity index (χ4v) is 2.01. The second-order valence-electron chi connectivity index (χ2n) is 4.85. The Kier molecular flexibility index (Phi) is 4.01. The van der Waals surface area contributed by atoms with Gasteiger partial charge in [-0.2, -0.15) is 5.10 Å². The van der Waals surface area contributed by atoms with Crippen LogP contribution in [0.2, 0.25) is 0 Å². The van der Waals surface area contributed by atoms with Gasteiger partial charge < -0.3 is 5.32 Å². The summed E-state index contributed by atoms with van der Waals surface area (Å²) in [4.78, 5) is 0. The first kappa shape index (κ1) is 12.7. The highest BCUT2D eigenvalue weighted by atomic mass is 15.3. The van der Waals surface area contributed by atoms with Gasteiger partial charge >= 0.3 is 0 Å². The van der Waals surface area contributed by atoms with E-state index < -0.39 is 0 Å². The summed E-state index contributed by atoms with van der Waals surface area (Å²) in [7, 11) is 0. The van der Waals surface area contributed by atoms with Gasteiger partial charge in [0.15, 0.2) is 0 Å². The molecule has 0 atom stereocenters. The molecular formula is C15H19N3. The fraction of sp³-hybridized carbons (Fsp3) is 0.400. The van der Waals surface area contributed by atoms with Crippen molar-refractivity contribution in [1.82, 2.24) is 15.1 Å². The molecule has 2 rings (SSSR count). The molecule has 0 spiro atoms. The molecule has 3 heteroatoms. The van der Waals surface area contributed by atoms with Gasteiger partial charge in [0, 0.05) is 11.9 Å². The van der Waals surface area contributed by atoms with E-state index >= 15 is 0 Å². The number of aromatic nitrogens is 2. The summed E-state index contributed by atoms with van der Waals surface area (Å²) in [6.07, 6.45) is 5.37. The van der Waals surface area contributed by atoms with E-state index in [1.54, 1.807) is 0 Å². The van der Waals surface area contributed by atoms with E-state index in [2.05, 4.69) is 42.3 Å². The van der Waals surface area contributed by atoms with E-state index in [9.17, 15) is 0 Å². The largest absolute Gasteiger partial charge is 0.311 e. The molecule has 0 aliphatic heterocycles. The topological polar surface area (TPSA) is 29.9 Å². The maximum atomic E-state index is 5.37. The normalized spacial score (nSPS) is 11.0. The fourth-order valence-electron chi connectivity index (χ4n) is 2.01. The molecule has 0 radical (unpaired) electrons. The van der Waals surface area contributed by atoms with E-state index in [0.29, 0.717) is 12.5 Å². The third-order valence-electron chi connectivity index (χ3n) is 2.82. The highest BCUT2D eigenvalue weighted by Crippen LogP contribution is 2.18. The van der Waals surface area contributed by atoms with E-state index in [-0.39, 0.29) is 0 Å². The maximum Gasteiger partial charge on any atom is 0.102 e. The lowest BCUT2D eigenvalue weighted by Gasteiger charge is -2.05. The number of nitrogens with one attached hydrogen (secondary N) is 1. The van der Waals surface area contributed by atoms with Crippen LogP contribution < -0.4 is 5.32 Å². The molecule has 1 N–H and O–H groups in total. The van der Waals surface area contributed by atoms with Crippen molar-refractivity contribution >= 4 is 10.9 Å². The van der Waals surface area contributed by atoms with Crippen molar-refractivity contribution in [2.75, 3.05) is 6.54 Å². The molecule has 0 saturated carbocycles. The van der Waals surface area contributed by atoms with Crippen molar-refractivity contribution in [1.29, 1.82) is 0 Å². The van der Waals surface area contributed by atoms with Crippen LogP contribution in [0, 0.1) is 18.3 Å². The second-order valence-corrected chi connectivity index (χ2v) is 4.85. The van der Waals surface area contributed by atoms with Gasteiger partial charge in [-0.25, -0.2) is 0 Å². The van der Waals surface area contributed by atoms with E-state index in [4.69, 9.17) is 6.42 Å². The van der Waals surface area contributed by atoms with Crippen molar-refractivity contribution in [2.45, 2.75) is 26.9 Å². The summed E-state index contributed by atoms with van der Waals surface area (Å²) in [5.74, 6) is 3.29. The Morgan fingerprint density at radius 3 is 2.89 bits per heavy atom. The highest BCUT2D eigenvalue weighted by molar-refractivity contribution is 5.81. The Bertz CT molecular complexity index is 561. The number of terminal acetylenes is 1. The number of rotatable bonds is 5. The molecule has 18 heavy (non-hydrogen) atoms. The monoisotopic (exact) mass is 241 g/mol. The third-order valence-corrected chi connectivity index (χ3v) is 2.82. The van der Waals surface area contributed by atoms with Crippen LogP contribution in [0.1, 0.15) is 19.5 Å². The van der Waals surface area contributed by atoms with Crippen LogP contribution >= 0.6 is 0 Å². The lowest BCUT2D eigenvalue weighted by Crippen LogP contribution is -2.19. The third kappa shape index (κ3) is 2.72. The average Bonchev–Trinajstić information content (AvgIpc) is 2.69. The number of para-hydroxylation sites is 1. The molecule has 0 fully saturated rings. The smallest absolute Gasteiger partial charge is 0.102 e. The molecule has 0 saturated heterocycles. The van der Waals surface area contributed by atoms with Crippen LogP contribution in [0.3, 0.4) is 0 Å². The predicted molar refractivity (Wildman–Crippen MR) is 75.1 cm³/mol. The van der Waals surface area contributed by atoms with Crippen molar-refractivity contribution < 1.29 is 0 Å². The van der Waals surface area contributed by atoms with Crippen molar-refractivity contribution in [3.05, 3.63) is 30.0 Å². The first-order valence-electron chi connectivity index (χ1n) is 6.31. The number of nitrogens with zero attached hydrogens (tertiary/aromatic N) is 2.